The first-order valence-corrected chi connectivity index (χ1v) is 7.88. The number of nitrogens with two attached hydrogens (primary N) is 1. The maximum Gasteiger partial charge on any atom is 0.0167 e. The summed E-state index contributed by atoms with van der Waals surface area (Å²) in [5, 5.41) is 0. The van der Waals surface area contributed by atoms with Crippen LogP contribution >= 0.6 is 0 Å². The van der Waals surface area contributed by atoms with Crippen molar-refractivity contribution in [1.29, 1.82) is 0 Å². The fourth-order valence-corrected chi connectivity index (χ4v) is 2.33. The largest absolute Gasteiger partial charge is 0.327 e. The van der Waals surface area contributed by atoms with Gasteiger partial charge in [-0.05, 0) is 45.6 Å². The fourth-order valence-electron chi connectivity index (χ4n) is 2.33. The molecule has 0 aromatic rings. The van der Waals surface area contributed by atoms with Crippen LogP contribution in [0.5, 0.6) is 0 Å². The molecule has 0 radical (unpaired) electrons. The Hall–Kier alpha value is -0.120. The maximum absolute atomic E-state index is 6.17. The smallest absolute Gasteiger partial charge is 0.0167 e. The average Bonchev–Trinajstić information content (AvgIpc) is 2.39. The molecule has 1 atom stereocenters. The van der Waals surface area contributed by atoms with Crippen molar-refractivity contribution in [2.24, 2.45) is 5.73 Å². The van der Waals surface area contributed by atoms with Gasteiger partial charge in [-0.3, -0.25) is 0 Å². The molecule has 0 saturated heterocycles. The van der Waals surface area contributed by atoms with E-state index in [1.165, 1.54) is 51.9 Å². The van der Waals surface area contributed by atoms with E-state index in [-0.39, 0.29) is 0 Å². The Morgan fingerprint density at radius 1 is 0.833 bits per heavy atom. The van der Waals surface area contributed by atoms with Crippen LogP contribution in [0.3, 0.4) is 0 Å². The number of rotatable bonds is 12. The van der Waals surface area contributed by atoms with Gasteiger partial charge in [0.2, 0.25) is 0 Å². The van der Waals surface area contributed by atoms with E-state index in [4.69, 9.17) is 5.73 Å². The summed E-state index contributed by atoms with van der Waals surface area (Å²) < 4.78 is 0. The van der Waals surface area contributed by atoms with Crippen LogP contribution in [-0.2, 0) is 0 Å². The lowest BCUT2D eigenvalue weighted by atomic mass is 10.1. The molecule has 0 spiro atoms. The van der Waals surface area contributed by atoms with Gasteiger partial charge in [0.1, 0.15) is 0 Å². The summed E-state index contributed by atoms with van der Waals surface area (Å²) in [6, 6.07) is 0.360. The van der Waals surface area contributed by atoms with Crippen molar-refractivity contribution in [3.8, 4) is 0 Å². The van der Waals surface area contributed by atoms with Gasteiger partial charge in [-0.25, -0.2) is 0 Å². The summed E-state index contributed by atoms with van der Waals surface area (Å²) in [6.45, 7) is 15.9. The third kappa shape index (κ3) is 8.90. The molecule has 0 amide bonds. The van der Waals surface area contributed by atoms with E-state index in [0.717, 1.165) is 13.1 Å². The van der Waals surface area contributed by atoms with Crippen LogP contribution in [0.4, 0.5) is 0 Å². The Bertz CT molecular complexity index is 169. The number of unbranched alkanes of at least 4 members (excludes halogenated alkanes) is 1. The van der Waals surface area contributed by atoms with E-state index < -0.39 is 0 Å². The van der Waals surface area contributed by atoms with Gasteiger partial charge >= 0.3 is 0 Å². The summed E-state index contributed by atoms with van der Waals surface area (Å²) in [5.74, 6) is 0. The summed E-state index contributed by atoms with van der Waals surface area (Å²) in [7, 11) is 0. The maximum atomic E-state index is 6.17. The van der Waals surface area contributed by atoms with E-state index in [1.54, 1.807) is 0 Å². The zero-order chi connectivity index (χ0) is 13.8. The van der Waals surface area contributed by atoms with E-state index in [0.29, 0.717) is 6.04 Å². The quantitative estimate of drug-likeness (QED) is 0.583. The molecule has 0 saturated carbocycles. The molecule has 110 valence electrons. The minimum Gasteiger partial charge on any atom is -0.327 e. The first kappa shape index (κ1) is 17.9. The van der Waals surface area contributed by atoms with Gasteiger partial charge in [-0.1, -0.05) is 40.5 Å². The van der Waals surface area contributed by atoms with Crippen LogP contribution in [0.15, 0.2) is 0 Å². The topological polar surface area (TPSA) is 32.5 Å². The number of hydrogen-bond donors (Lipinski definition) is 1. The van der Waals surface area contributed by atoms with Gasteiger partial charge in [0.15, 0.2) is 0 Å². The second kappa shape index (κ2) is 11.9. The molecule has 0 aliphatic rings. The van der Waals surface area contributed by atoms with Crippen LogP contribution in [0.2, 0.25) is 0 Å². The van der Waals surface area contributed by atoms with Gasteiger partial charge in [0, 0.05) is 12.6 Å². The van der Waals surface area contributed by atoms with Crippen molar-refractivity contribution < 1.29 is 0 Å². The van der Waals surface area contributed by atoms with E-state index in [1.807, 2.05) is 0 Å². The number of nitrogens with zero attached hydrogens (tertiary/aromatic N) is 2. The molecule has 0 aromatic carbocycles. The lowest BCUT2D eigenvalue weighted by Gasteiger charge is -2.25. The van der Waals surface area contributed by atoms with E-state index in [9.17, 15) is 0 Å². The minimum absolute atomic E-state index is 0.360. The summed E-state index contributed by atoms with van der Waals surface area (Å²) in [4.78, 5) is 4.99. The first-order valence-electron chi connectivity index (χ1n) is 7.88. The third-order valence-electron chi connectivity index (χ3n) is 3.71. The van der Waals surface area contributed by atoms with Crippen molar-refractivity contribution in [3.05, 3.63) is 0 Å². The first-order chi connectivity index (χ1) is 8.67. The van der Waals surface area contributed by atoms with Crippen molar-refractivity contribution in [2.75, 3.05) is 39.3 Å². The molecule has 3 nitrogen and oxygen atoms in total. The van der Waals surface area contributed by atoms with E-state index in [2.05, 4.69) is 37.5 Å². The molecule has 3 heteroatoms. The van der Waals surface area contributed by atoms with Crippen LogP contribution < -0.4 is 5.73 Å². The number of likely N-dealkylation sites (N-methyl/N-ethyl adjacent to an activating group) is 1. The van der Waals surface area contributed by atoms with Gasteiger partial charge in [-0.2, -0.15) is 0 Å². The number of hydrogen-bond acceptors (Lipinski definition) is 3. The highest BCUT2D eigenvalue weighted by Crippen LogP contribution is 2.02. The van der Waals surface area contributed by atoms with Crippen LogP contribution in [0.25, 0.3) is 0 Å². The standard InChI is InChI=1S/C15H35N3/c1-5-9-11-15(16)14-18(8-4)13-10-12-17(6-2)7-3/h15H,5-14,16H2,1-4H3. The summed E-state index contributed by atoms with van der Waals surface area (Å²) in [6.07, 6.45) is 4.94. The molecule has 0 aromatic heterocycles. The van der Waals surface area contributed by atoms with Crippen molar-refractivity contribution in [2.45, 2.75) is 59.4 Å². The highest BCUT2D eigenvalue weighted by Gasteiger charge is 2.09. The predicted molar refractivity (Wildman–Crippen MR) is 82.0 cm³/mol. The van der Waals surface area contributed by atoms with Crippen LogP contribution in [-0.4, -0.2) is 55.1 Å². The summed E-state index contributed by atoms with van der Waals surface area (Å²) >= 11 is 0. The highest BCUT2D eigenvalue weighted by atomic mass is 15.1. The van der Waals surface area contributed by atoms with Crippen molar-refractivity contribution in [3.63, 3.8) is 0 Å². The fraction of sp³-hybridized carbons (Fsp3) is 1.00. The average molecular weight is 257 g/mol. The third-order valence-corrected chi connectivity index (χ3v) is 3.71. The van der Waals surface area contributed by atoms with Gasteiger partial charge in [0.25, 0.3) is 0 Å². The molecular formula is C15H35N3. The SMILES string of the molecule is CCCCC(N)CN(CC)CCCN(CC)CC. The second-order valence-electron chi connectivity index (χ2n) is 5.18. The van der Waals surface area contributed by atoms with Crippen molar-refractivity contribution >= 4 is 0 Å². The van der Waals surface area contributed by atoms with Crippen LogP contribution in [0, 0.1) is 0 Å². The second-order valence-corrected chi connectivity index (χ2v) is 5.18. The molecule has 0 heterocycles. The minimum atomic E-state index is 0.360. The zero-order valence-electron chi connectivity index (χ0n) is 13.1. The van der Waals surface area contributed by atoms with Crippen molar-refractivity contribution in [1.82, 2.24) is 9.80 Å². The molecule has 1 unspecified atom stereocenters. The Morgan fingerprint density at radius 3 is 1.89 bits per heavy atom. The Morgan fingerprint density at radius 2 is 1.39 bits per heavy atom. The normalized spacial score (nSPS) is 13.5. The Labute approximate surface area is 115 Å². The lowest BCUT2D eigenvalue weighted by Crippen LogP contribution is -2.39. The molecular weight excluding hydrogens is 222 g/mol. The molecule has 0 aliphatic carbocycles. The molecule has 0 fully saturated rings. The van der Waals surface area contributed by atoms with Gasteiger partial charge in [0.05, 0.1) is 0 Å². The monoisotopic (exact) mass is 257 g/mol. The highest BCUT2D eigenvalue weighted by molar-refractivity contribution is 4.68. The Kier molecular flexibility index (Phi) is 11.9. The lowest BCUT2D eigenvalue weighted by molar-refractivity contribution is 0.231. The molecule has 18 heavy (non-hydrogen) atoms. The van der Waals surface area contributed by atoms with E-state index >= 15 is 0 Å². The molecule has 0 rings (SSSR count). The van der Waals surface area contributed by atoms with Gasteiger partial charge in [-0.15, -0.1) is 0 Å². The summed E-state index contributed by atoms with van der Waals surface area (Å²) in [5.41, 5.74) is 6.17. The molecule has 0 aliphatic heterocycles. The zero-order valence-corrected chi connectivity index (χ0v) is 13.1. The van der Waals surface area contributed by atoms with Crippen LogP contribution in [0.1, 0.15) is 53.4 Å². The molecule has 2 N–H and O–H groups in total. The predicted octanol–water partition coefficient (Wildman–Crippen LogP) is 2.56. The molecule has 0 bridgehead atoms. The van der Waals surface area contributed by atoms with Gasteiger partial charge < -0.3 is 15.5 Å². The Balaban J connectivity index is 3.75.